The molecule has 0 spiro atoms. The molecule has 34 heavy (non-hydrogen) atoms. The lowest BCUT2D eigenvalue weighted by atomic mass is 10.0. The van der Waals surface area contributed by atoms with Gasteiger partial charge in [-0.2, -0.15) is 4.31 Å². The van der Waals surface area contributed by atoms with Gasteiger partial charge in [0.1, 0.15) is 22.8 Å². The maximum absolute atomic E-state index is 13.5. The molecule has 1 aromatic heterocycles. The Labute approximate surface area is 199 Å². The summed E-state index contributed by atoms with van der Waals surface area (Å²) in [5.41, 5.74) is 0.465. The van der Waals surface area contributed by atoms with Crippen molar-refractivity contribution in [2.24, 2.45) is 0 Å². The zero-order chi connectivity index (χ0) is 25.2. The predicted octanol–water partition coefficient (Wildman–Crippen LogP) is 2.24. The van der Waals surface area contributed by atoms with Crippen molar-refractivity contribution >= 4 is 21.9 Å². The van der Waals surface area contributed by atoms with Gasteiger partial charge in [-0.05, 0) is 44.0 Å². The zero-order valence-electron chi connectivity index (χ0n) is 20.2. The molecule has 11 heteroatoms. The van der Waals surface area contributed by atoms with E-state index in [-0.39, 0.29) is 41.7 Å². The fourth-order valence-corrected chi connectivity index (χ4v) is 5.60. The molecular formula is C23H30N4O6S. The average molecular weight is 491 g/mol. The molecule has 2 heterocycles. The molecule has 1 aliphatic rings. The van der Waals surface area contributed by atoms with Crippen molar-refractivity contribution in [2.45, 2.75) is 44.6 Å². The van der Waals surface area contributed by atoms with Crippen LogP contribution in [0.5, 0.6) is 5.75 Å². The Balaban J connectivity index is 1.88. The maximum Gasteiger partial charge on any atom is 0.342 e. The van der Waals surface area contributed by atoms with Gasteiger partial charge in [0, 0.05) is 25.7 Å². The van der Waals surface area contributed by atoms with Crippen LogP contribution in [0.3, 0.4) is 0 Å². The second-order valence-corrected chi connectivity index (χ2v) is 10.3. The molecule has 3 rings (SSSR count). The van der Waals surface area contributed by atoms with Crippen LogP contribution >= 0.6 is 0 Å². The highest BCUT2D eigenvalue weighted by molar-refractivity contribution is 7.89. The molecule has 0 radical (unpaired) electrons. The number of esters is 1. The van der Waals surface area contributed by atoms with Crippen molar-refractivity contribution in [3.8, 4) is 5.75 Å². The van der Waals surface area contributed by atoms with Crippen LogP contribution in [-0.2, 0) is 14.8 Å². The first-order chi connectivity index (χ1) is 16.0. The number of carbonyl (C=O) groups excluding carboxylic acids is 2. The predicted molar refractivity (Wildman–Crippen MR) is 124 cm³/mol. The monoisotopic (exact) mass is 490 g/mol. The van der Waals surface area contributed by atoms with Crippen molar-refractivity contribution in [1.82, 2.24) is 19.2 Å². The molecule has 2 aromatic rings. The quantitative estimate of drug-likeness (QED) is 0.566. The number of aryl methyl sites for hydroxylation is 1. The number of benzene rings is 1. The van der Waals surface area contributed by atoms with Gasteiger partial charge >= 0.3 is 5.97 Å². The second kappa shape index (κ2) is 10.1. The highest BCUT2D eigenvalue weighted by Crippen LogP contribution is 2.26. The molecule has 0 bridgehead atoms. The highest BCUT2D eigenvalue weighted by atomic mass is 32.2. The molecule has 1 saturated heterocycles. The minimum Gasteiger partial charge on any atom is -0.497 e. The number of hydrogen-bond acceptors (Lipinski definition) is 8. The van der Waals surface area contributed by atoms with E-state index in [4.69, 9.17) is 9.47 Å². The minimum atomic E-state index is -3.76. The summed E-state index contributed by atoms with van der Waals surface area (Å²) in [7, 11) is -1.01. The summed E-state index contributed by atoms with van der Waals surface area (Å²) in [5.74, 6) is -0.340. The molecule has 1 aromatic carbocycles. The Morgan fingerprint density at radius 1 is 1.09 bits per heavy atom. The molecule has 1 aliphatic heterocycles. The van der Waals surface area contributed by atoms with E-state index in [1.54, 1.807) is 26.0 Å². The first kappa shape index (κ1) is 25.6. The zero-order valence-corrected chi connectivity index (χ0v) is 21.0. The lowest BCUT2D eigenvalue weighted by molar-refractivity contribution is 0.0569. The molecule has 0 saturated carbocycles. The number of sulfonamides is 1. The van der Waals surface area contributed by atoms with E-state index in [0.717, 1.165) is 0 Å². The Bertz CT molecular complexity index is 1180. The Morgan fingerprint density at radius 2 is 1.74 bits per heavy atom. The van der Waals surface area contributed by atoms with Gasteiger partial charge in [-0.15, -0.1) is 0 Å². The van der Waals surface area contributed by atoms with Crippen LogP contribution in [0.25, 0.3) is 0 Å². The van der Waals surface area contributed by atoms with Crippen LogP contribution in [0.2, 0.25) is 0 Å². The standard InChI is InChI=1S/C23H30N4O6S/c1-14(2)20-19(23(29)33-6)21(25-16(4)24-20)22(28)26-11-12-27(15(3)13-26)34(30,31)18-9-7-17(32-5)8-10-18/h7-10,14-15H,11-13H2,1-6H3. The number of amides is 1. The van der Waals surface area contributed by atoms with Gasteiger partial charge in [-0.1, -0.05) is 13.8 Å². The van der Waals surface area contributed by atoms with E-state index in [2.05, 4.69) is 9.97 Å². The van der Waals surface area contributed by atoms with E-state index < -0.39 is 27.9 Å². The molecule has 1 atom stereocenters. The maximum atomic E-state index is 13.5. The van der Waals surface area contributed by atoms with Gasteiger partial charge in [0.15, 0.2) is 0 Å². The summed E-state index contributed by atoms with van der Waals surface area (Å²) in [6.45, 7) is 7.54. The summed E-state index contributed by atoms with van der Waals surface area (Å²) < 4.78 is 37.8. The van der Waals surface area contributed by atoms with Gasteiger partial charge < -0.3 is 14.4 Å². The Morgan fingerprint density at radius 3 is 2.26 bits per heavy atom. The first-order valence-corrected chi connectivity index (χ1v) is 12.4. The number of hydrogen-bond donors (Lipinski definition) is 0. The van der Waals surface area contributed by atoms with E-state index >= 15 is 0 Å². The van der Waals surface area contributed by atoms with Crippen LogP contribution in [0.15, 0.2) is 29.2 Å². The number of aromatic nitrogens is 2. The van der Waals surface area contributed by atoms with Crippen LogP contribution in [0.4, 0.5) is 0 Å². The van der Waals surface area contributed by atoms with Gasteiger partial charge in [-0.25, -0.2) is 23.2 Å². The number of piperazine rings is 1. The Kier molecular flexibility index (Phi) is 7.57. The first-order valence-electron chi connectivity index (χ1n) is 10.9. The third-order valence-corrected chi connectivity index (χ3v) is 7.74. The summed E-state index contributed by atoms with van der Waals surface area (Å²) in [5, 5.41) is 0. The van der Waals surface area contributed by atoms with Crippen LogP contribution in [-0.4, -0.2) is 79.4 Å². The summed E-state index contributed by atoms with van der Waals surface area (Å²) in [6, 6.07) is 5.69. The second-order valence-electron chi connectivity index (χ2n) is 8.42. The molecule has 0 N–H and O–H groups in total. The van der Waals surface area contributed by atoms with Crippen LogP contribution in [0.1, 0.15) is 59.1 Å². The van der Waals surface area contributed by atoms with Gasteiger partial charge in [0.25, 0.3) is 5.91 Å². The summed E-state index contributed by atoms with van der Waals surface area (Å²) in [4.78, 5) is 36.3. The van der Waals surface area contributed by atoms with E-state index in [9.17, 15) is 18.0 Å². The molecule has 1 unspecified atom stereocenters. The number of rotatable bonds is 6. The van der Waals surface area contributed by atoms with E-state index in [0.29, 0.717) is 17.3 Å². The fourth-order valence-electron chi connectivity index (χ4n) is 3.99. The van der Waals surface area contributed by atoms with Gasteiger partial charge in [0.05, 0.1) is 24.8 Å². The number of methoxy groups -OCH3 is 2. The molecule has 10 nitrogen and oxygen atoms in total. The van der Waals surface area contributed by atoms with Gasteiger partial charge in [0.2, 0.25) is 10.0 Å². The molecule has 0 aliphatic carbocycles. The normalized spacial score (nSPS) is 17.0. The lowest BCUT2D eigenvalue weighted by Gasteiger charge is -2.39. The molecule has 184 valence electrons. The third-order valence-electron chi connectivity index (χ3n) is 5.71. The third kappa shape index (κ3) is 4.90. The average Bonchev–Trinajstić information content (AvgIpc) is 2.82. The van der Waals surface area contributed by atoms with Crippen molar-refractivity contribution in [3.63, 3.8) is 0 Å². The SMILES string of the molecule is COC(=O)c1c(C(=O)N2CCN(S(=O)(=O)c3ccc(OC)cc3)C(C)C2)nc(C)nc1C(C)C. The van der Waals surface area contributed by atoms with Crippen molar-refractivity contribution in [1.29, 1.82) is 0 Å². The smallest absolute Gasteiger partial charge is 0.342 e. The fraction of sp³-hybridized carbons (Fsp3) is 0.478. The van der Waals surface area contributed by atoms with Crippen molar-refractivity contribution in [3.05, 3.63) is 47.0 Å². The topological polar surface area (TPSA) is 119 Å². The van der Waals surface area contributed by atoms with E-state index in [1.807, 2.05) is 13.8 Å². The summed E-state index contributed by atoms with van der Waals surface area (Å²) in [6.07, 6.45) is 0. The highest BCUT2D eigenvalue weighted by Gasteiger charge is 2.37. The number of carbonyl (C=O) groups is 2. The Hall–Kier alpha value is -3.05. The van der Waals surface area contributed by atoms with Crippen molar-refractivity contribution < 1.29 is 27.5 Å². The summed E-state index contributed by atoms with van der Waals surface area (Å²) >= 11 is 0. The van der Waals surface area contributed by atoms with Crippen LogP contribution < -0.4 is 4.74 Å². The molecular weight excluding hydrogens is 460 g/mol. The van der Waals surface area contributed by atoms with Crippen molar-refractivity contribution in [2.75, 3.05) is 33.9 Å². The largest absolute Gasteiger partial charge is 0.497 e. The lowest BCUT2D eigenvalue weighted by Crippen LogP contribution is -2.55. The molecule has 1 amide bonds. The number of nitrogens with zero attached hydrogens (tertiary/aromatic N) is 4. The minimum absolute atomic E-state index is 0.0262. The van der Waals surface area contributed by atoms with Crippen LogP contribution in [0, 0.1) is 6.92 Å². The van der Waals surface area contributed by atoms with E-state index in [1.165, 1.54) is 35.6 Å². The number of ether oxygens (including phenoxy) is 2. The van der Waals surface area contributed by atoms with Gasteiger partial charge in [-0.3, -0.25) is 4.79 Å². The molecule has 1 fully saturated rings.